The van der Waals surface area contributed by atoms with E-state index >= 15 is 0 Å². The summed E-state index contributed by atoms with van der Waals surface area (Å²) >= 11 is 0. The van der Waals surface area contributed by atoms with Crippen LogP contribution in [0.4, 0.5) is 5.69 Å². The van der Waals surface area contributed by atoms with Crippen LogP contribution in [-0.4, -0.2) is 44.2 Å². The van der Waals surface area contributed by atoms with E-state index < -0.39 is 27.9 Å². The molecule has 1 saturated heterocycles. The normalized spacial score (nSPS) is 17.1. The maximum atomic E-state index is 13.2. The van der Waals surface area contributed by atoms with E-state index in [-0.39, 0.29) is 17.9 Å². The summed E-state index contributed by atoms with van der Waals surface area (Å²) in [4.78, 5) is 26.7. The Bertz CT molecular complexity index is 1030. The zero-order valence-corrected chi connectivity index (χ0v) is 17.1. The molecule has 7 nitrogen and oxygen atoms in total. The summed E-state index contributed by atoms with van der Waals surface area (Å²) in [7, 11) is -2.48. The van der Waals surface area contributed by atoms with Crippen molar-refractivity contribution < 1.29 is 22.7 Å². The molecule has 152 valence electrons. The molecule has 1 aliphatic rings. The molecule has 0 aromatic heterocycles. The number of imide groups is 1. The molecule has 0 saturated carbocycles. The van der Waals surface area contributed by atoms with Gasteiger partial charge in [-0.05, 0) is 43.3 Å². The maximum absolute atomic E-state index is 13.2. The first-order chi connectivity index (χ1) is 13.8. The second-order valence-electron chi connectivity index (χ2n) is 6.66. The average Bonchev–Trinajstić information content (AvgIpc) is 3.00. The van der Waals surface area contributed by atoms with Crippen molar-refractivity contribution in [2.45, 2.75) is 24.3 Å². The topological polar surface area (TPSA) is 84.0 Å². The van der Waals surface area contributed by atoms with Gasteiger partial charge in [-0.3, -0.25) is 9.59 Å². The van der Waals surface area contributed by atoms with Gasteiger partial charge in [0.05, 0.1) is 24.1 Å². The summed E-state index contributed by atoms with van der Waals surface area (Å²) < 4.78 is 32.5. The third-order valence-corrected chi connectivity index (χ3v) is 6.63. The second kappa shape index (κ2) is 8.18. The van der Waals surface area contributed by atoms with Crippen LogP contribution in [0.1, 0.15) is 12.0 Å². The molecule has 1 unspecified atom stereocenters. The Kier molecular flexibility index (Phi) is 5.86. The standard InChI is InChI=1S/C21H22N2O5S/c1-4-13-22(29(26,27)18-11-5-15(2)6-12-18)19-14-20(24)23(21(19)25)16-7-9-17(28-3)10-8-16/h4-12,19H,1,13-14H2,2-3H3. The minimum absolute atomic E-state index is 0.0631. The third-order valence-electron chi connectivity index (χ3n) is 4.74. The number of hydrogen-bond acceptors (Lipinski definition) is 5. The molecule has 0 aliphatic carbocycles. The molecule has 0 radical (unpaired) electrons. The molecule has 1 aliphatic heterocycles. The molecule has 2 aromatic carbocycles. The van der Waals surface area contributed by atoms with Crippen molar-refractivity contribution in [1.82, 2.24) is 4.31 Å². The van der Waals surface area contributed by atoms with Crippen LogP contribution in [0.3, 0.4) is 0 Å². The van der Waals surface area contributed by atoms with Crippen LogP contribution in [0.5, 0.6) is 5.75 Å². The van der Waals surface area contributed by atoms with Gasteiger partial charge in [-0.25, -0.2) is 13.3 Å². The summed E-state index contributed by atoms with van der Waals surface area (Å²) in [5, 5.41) is 0. The number of carbonyl (C=O) groups is 2. The average molecular weight is 414 g/mol. The van der Waals surface area contributed by atoms with E-state index in [9.17, 15) is 18.0 Å². The Balaban J connectivity index is 1.95. The van der Waals surface area contributed by atoms with Crippen LogP contribution in [-0.2, 0) is 19.6 Å². The Hall–Kier alpha value is -2.97. The minimum Gasteiger partial charge on any atom is -0.497 e. The van der Waals surface area contributed by atoms with Crippen molar-refractivity contribution in [2.24, 2.45) is 0 Å². The van der Waals surface area contributed by atoms with Crippen LogP contribution in [0.25, 0.3) is 0 Å². The highest BCUT2D eigenvalue weighted by Gasteiger charge is 2.46. The molecule has 0 N–H and O–H groups in total. The van der Waals surface area contributed by atoms with Gasteiger partial charge in [0.2, 0.25) is 15.9 Å². The molecule has 2 amide bonds. The van der Waals surface area contributed by atoms with Crippen molar-refractivity contribution in [1.29, 1.82) is 0 Å². The summed E-state index contributed by atoms with van der Waals surface area (Å²) in [6.07, 6.45) is 1.17. The fourth-order valence-corrected chi connectivity index (χ4v) is 4.76. The lowest BCUT2D eigenvalue weighted by atomic mass is 10.2. The van der Waals surface area contributed by atoms with E-state index in [4.69, 9.17) is 4.74 Å². The summed E-state index contributed by atoms with van der Waals surface area (Å²) in [6, 6.07) is 11.7. The molecule has 3 rings (SSSR count). The van der Waals surface area contributed by atoms with E-state index in [0.29, 0.717) is 11.4 Å². The maximum Gasteiger partial charge on any atom is 0.252 e. The molecule has 0 spiro atoms. The second-order valence-corrected chi connectivity index (χ2v) is 8.55. The summed E-state index contributed by atoms with van der Waals surface area (Å²) in [5.41, 5.74) is 1.28. The van der Waals surface area contributed by atoms with Gasteiger partial charge in [-0.1, -0.05) is 23.8 Å². The number of carbonyl (C=O) groups excluding carboxylic acids is 2. The molecule has 0 bridgehead atoms. The van der Waals surface area contributed by atoms with E-state index in [0.717, 1.165) is 14.8 Å². The lowest BCUT2D eigenvalue weighted by Crippen LogP contribution is -2.45. The van der Waals surface area contributed by atoms with Gasteiger partial charge in [0.15, 0.2) is 0 Å². The SMILES string of the molecule is C=CCN(C1CC(=O)N(c2ccc(OC)cc2)C1=O)S(=O)(=O)c1ccc(C)cc1. The zero-order valence-electron chi connectivity index (χ0n) is 16.2. The first-order valence-corrected chi connectivity index (χ1v) is 10.4. The minimum atomic E-state index is -3.99. The monoisotopic (exact) mass is 414 g/mol. The van der Waals surface area contributed by atoms with Crippen molar-refractivity contribution in [2.75, 3.05) is 18.6 Å². The van der Waals surface area contributed by atoms with E-state index in [2.05, 4.69) is 6.58 Å². The van der Waals surface area contributed by atoms with Gasteiger partial charge in [-0.2, -0.15) is 4.31 Å². The van der Waals surface area contributed by atoms with E-state index in [1.807, 2.05) is 6.92 Å². The first kappa shape index (κ1) is 20.8. The molecular formula is C21H22N2O5S. The summed E-state index contributed by atoms with van der Waals surface area (Å²) in [5.74, 6) is -0.462. The van der Waals surface area contributed by atoms with Crippen LogP contribution < -0.4 is 9.64 Å². The Morgan fingerprint density at radius 3 is 2.31 bits per heavy atom. The molecule has 1 fully saturated rings. The molecule has 1 heterocycles. The number of amides is 2. The van der Waals surface area contributed by atoms with Gasteiger partial charge >= 0.3 is 0 Å². The van der Waals surface area contributed by atoms with Gasteiger partial charge in [0.25, 0.3) is 5.91 Å². The molecule has 2 aromatic rings. The molecule has 1 atom stereocenters. The first-order valence-electron chi connectivity index (χ1n) is 9.00. The number of aryl methyl sites for hydroxylation is 1. The third kappa shape index (κ3) is 3.94. The van der Waals surface area contributed by atoms with Crippen molar-refractivity contribution >= 4 is 27.5 Å². The van der Waals surface area contributed by atoms with E-state index in [1.165, 1.54) is 25.3 Å². The van der Waals surface area contributed by atoms with Crippen molar-refractivity contribution in [3.63, 3.8) is 0 Å². The Morgan fingerprint density at radius 1 is 1.14 bits per heavy atom. The van der Waals surface area contributed by atoms with Gasteiger partial charge < -0.3 is 4.74 Å². The number of anilines is 1. The largest absolute Gasteiger partial charge is 0.497 e. The molecule has 8 heteroatoms. The van der Waals surface area contributed by atoms with Crippen LogP contribution in [0.2, 0.25) is 0 Å². The smallest absolute Gasteiger partial charge is 0.252 e. The highest BCUT2D eigenvalue weighted by Crippen LogP contribution is 2.30. The Labute approximate surface area is 170 Å². The molecule has 29 heavy (non-hydrogen) atoms. The summed E-state index contributed by atoms with van der Waals surface area (Å²) in [6.45, 7) is 5.37. The fourth-order valence-electron chi connectivity index (χ4n) is 3.21. The highest BCUT2D eigenvalue weighted by molar-refractivity contribution is 7.89. The van der Waals surface area contributed by atoms with Crippen LogP contribution >= 0.6 is 0 Å². The highest BCUT2D eigenvalue weighted by atomic mass is 32.2. The van der Waals surface area contributed by atoms with Gasteiger partial charge in [-0.15, -0.1) is 6.58 Å². The fraction of sp³-hybridized carbons (Fsp3) is 0.238. The van der Waals surface area contributed by atoms with Crippen molar-refractivity contribution in [3.8, 4) is 5.75 Å². The van der Waals surface area contributed by atoms with Crippen LogP contribution in [0.15, 0.2) is 66.1 Å². The lowest BCUT2D eigenvalue weighted by Gasteiger charge is -2.25. The number of hydrogen-bond donors (Lipinski definition) is 0. The predicted octanol–water partition coefficient (Wildman–Crippen LogP) is 2.51. The quantitative estimate of drug-likeness (QED) is 0.513. The van der Waals surface area contributed by atoms with E-state index in [1.54, 1.807) is 36.4 Å². The molecular weight excluding hydrogens is 392 g/mol. The number of nitrogens with zero attached hydrogens (tertiary/aromatic N) is 2. The van der Waals surface area contributed by atoms with Gasteiger partial charge in [0, 0.05) is 6.54 Å². The van der Waals surface area contributed by atoms with Crippen molar-refractivity contribution in [3.05, 3.63) is 66.7 Å². The van der Waals surface area contributed by atoms with Crippen LogP contribution in [0, 0.1) is 6.92 Å². The Morgan fingerprint density at radius 2 is 1.76 bits per heavy atom. The number of methoxy groups -OCH3 is 1. The zero-order chi connectivity index (χ0) is 21.2. The number of benzene rings is 2. The predicted molar refractivity (Wildman–Crippen MR) is 109 cm³/mol. The number of rotatable bonds is 7. The lowest BCUT2D eigenvalue weighted by molar-refractivity contribution is -0.122. The number of sulfonamides is 1. The number of ether oxygens (including phenoxy) is 1. The van der Waals surface area contributed by atoms with Gasteiger partial charge in [0.1, 0.15) is 11.8 Å².